The van der Waals surface area contributed by atoms with Gasteiger partial charge in [0.2, 0.25) is 21.8 Å². The predicted molar refractivity (Wildman–Crippen MR) is 133 cm³/mol. The summed E-state index contributed by atoms with van der Waals surface area (Å²) in [5.74, 6) is -0.861. The first-order valence-electron chi connectivity index (χ1n) is 10.5. The molecule has 0 aliphatic carbocycles. The van der Waals surface area contributed by atoms with Gasteiger partial charge >= 0.3 is 0 Å². The van der Waals surface area contributed by atoms with E-state index >= 15 is 0 Å². The van der Waals surface area contributed by atoms with Crippen LogP contribution < -0.4 is 9.62 Å². The van der Waals surface area contributed by atoms with Crippen molar-refractivity contribution >= 4 is 50.7 Å². The zero-order chi connectivity index (χ0) is 24.8. The van der Waals surface area contributed by atoms with E-state index in [4.69, 9.17) is 23.2 Å². The molecule has 0 heterocycles. The summed E-state index contributed by atoms with van der Waals surface area (Å²) < 4.78 is 26.2. The lowest BCUT2D eigenvalue weighted by Crippen LogP contribution is -2.51. The second-order valence-corrected chi connectivity index (χ2v) is 10.5. The predicted octanol–water partition coefficient (Wildman–Crippen LogP) is 4.01. The minimum atomic E-state index is -3.81. The quantitative estimate of drug-likeness (QED) is 0.519. The summed E-state index contributed by atoms with van der Waals surface area (Å²) in [4.78, 5) is 27.5. The number of nitrogens with zero attached hydrogens (tertiary/aromatic N) is 2. The molecule has 180 valence electrons. The number of anilines is 1. The van der Waals surface area contributed by atoms with Gasteiger partial charge < -0.3 is 10.2 Å². The summed E-state index contributed by atoms with van der Waals surface area (Å²) in [6.45, 7) is 5.30. The Kier molecular flexibility index (Phi) is 9.57. The molecular weight excluding hydrogens is 485 g/mol. The zero-order valence-electron chi connectivity index (χ0n) is 19.1. The maximum Gasteiger partial charge on any atom is 0.244 e. The van der Waals surface area contributed by atoms with Crippen molar-refractivity contribution in [3.8, 4) is 0 Å². The first-order chi connectivity index (χ1) is 15.5. The number of rotatable bonds is 10. The summed E-state index contributed by atoms with van der Waals surface area (Å²) in [6.07, 6.45) is 1.78. The van der Waals surface area contributed by atoms with Crippen LogP contribution in [0.25, 0.3) is 0 Å². The topological polar surface area (TPSA) is 86.8 Å². The van der Waals surface area contributed by atoms with Crippen molar-refractivity contribution in [2.24, 2.45) is 0 Å². The lowest BCUT2D eigenvalue weighted by atomic mass is 10.1. The summed E-state index contributed by atoms with van der Waals surface area (Å²) >= 11 is 12.3. The fourth-order valence-corrected chi connectivity index (χ4v) is 4.61. The van der Waals surface area contributed by atoms with Gasteiger partial charge in [-0.3, -0.25) is 13.9 Å². The minimum absolute atomic E-state index is 0.0520. The number of halogens is 2. The molecule has 10 heteroatoms. The second-order valence-electron chi connectivity index (χ2n) is 7.78. The average molecular weight is 514 g/mol. The highest BCUT2D eigenvalue weighted by molar-refractivity contribution is 7.92. The van der Waals surface area contributed by atoms with Gasteiger partial charge in [0.1, 0.15) is 12.6 Å². The number of hydrogen-bond donors (Lipinski definition) is 1. The Hall–Kier alpha value is -2.29. The smallest absolute Gasteiger partial charge is 0.244 e. The molecule has 33 heavy (non-hydrogen) atoms. The molecule has 2 rings (SSSR count). The summed E-state index contributed by atoms with van der Waals surface area (Å²) in [6, 6.07) is 10.9. The molecule has 0 saturated carbocycles. The van der Waals surface area contributed by atoms with Crippen molar-refractivity contribution in [2.45, 2.75) is 39.8 Å². The number of hydrogen-bond acceptors (Lipinski definition) is 4. The van der Waals surface area contributed by atoms with Crippen LogP contribution in [0.5, 0.6) is 0 Å². The summed E-state index contributed by atoms with van der Waals surface area (Å²) in [5, 5.41) is 3.69. The van der Waals surface area contributed by atoms with E-state index < -0.39 is 28.5 Å². The van der Waals surface area contributed by atoms with Gasteiger partial charge in [-0.15, -0.1) is 0 Å². The number of carbonyl (C=O) groups is 2. The van der Waals surface area contributed by atoms with Crippen LogP contribution in [0.2, 0.25) is 10.0 Å². The lowest BCUT2D eigenvalue weighted by molar-refractivity contribution is -0.139. The van der Waals surface area contributed by atoms with Crippen molar-refractivity contribution in [1.82, 2.24) is 10.2 Å². The Balaban J connectivity index is 2.42. The summed E-state index contributed by atoms with van der Waals surface area (Å²) in [7, 11) is -3.81. The molecule has 0 unspecified atom stereocenters. The Morgan fingerprint density at radius 1 is 1.12 bits per heavy atom. The van der Waals surface area contributed by atoms with Crippen molar-refractivity contribution in [1.29, 1.82) is 0 Å². The van der Waals surface area contributed by atoms with Crippen LogP contribution in [0.3, 0.4) is 0 Å². The molecule has 0 aromatic heterocycles. The molecule has 0 spiro atoms. The van der Waals surface area contributed by atoms with Crippen LogP contribution in [-0.2, 0) is 26.2 Å². The molecule has 0 bridgehead atoms. The number of sulfonamides is 1. The molecule has 2 amide bonds. The number of amides is 2. The van der Waals surface area contributed by atoms with Crippen molar-refractivity contribution < 1.29 is 18.0 Å². The Labute approximate surface area is 205 Å². The monoisotopic (exact) mass is 513 g/mol. The van der Waals surface area contributed by atoms with Crippen molar-refractivity contribution in [3.05, 3.63) is 63.6 Å². The minimum Gasteiger partial charge on any atom is -0.354 e. The molecule has 1 N–H and O–H groups in total. The second kappa shape index (κ2) is 11.7. The number of nitrogens with one attached hydrogen (secondary N) is 1. The molecule has 0 fully saturated rings. The number of carbonyl (C=O) groups excluding carboxylic acids is 2. The van der Waals surface area contributed by atoms with Crippen LogP contribution in [-0.4, -0.2) is 50.5 Å². The van der Waals surface area contributed by atoms with Gasteiger partial charge in [0.25, 0.3) is 0 Å². The van der Waals surface area contributed by atoms with E-state index in [0.717, 1.165) is 17.0 Å². The van der Waals surface area contributed by atoms with E-state index in [0.29, 0.717) is 33.4 Å². The van der Waals surface area contributed by atoms with Crippen molar-refractivity contribution in [2.75, 3.05) is 23.7 Å². The van der Waals surface area contributed by atoms with E-state index in [-0.39, 0.29) is 12.5 Å². The third-order valence-electron chi connectivity index (χ3n) is 5.12. The fraction of sp³-hybridized carbons (Fsp3) is 0.391. The highest BCUT2D eigenvalue weighted by Crippen LogP contribution is 2.26. The molecule has 7 nitrogen and oxygen atoms in total. The number of benzene rings is 2. The normalized spacial score (nSPS) is 12.2. The molecule has 2 aromatic rings. The largest absolute Gasteiger partial charge is 0.354 e. The fourth-order valence-electron chi connectivity index (χ4n) is 3.28. The molecule has 2 aromatic carbocycles. The van der Waals surface area contributed by atoms with Gasteiger partial charge in [0.05, 0.1) is 11.9 Å². The molecule has 0 aliphatic heterocycles. The third kappa shape index (κ3) is 7.35. The Morgan fingerprint density at radius 2 is 1.79 bits per heavy atom. The maximum absolute atomic E-state index is 13.5. The molecular formula is C23H29Cl2N3O4S. The summed E-state index contributed by atoms with van der Waals surface area (Å²) in [5.41, 5.74) is 1.60. The zero-order valence-corrected chi connectivity index (χ0v) is 21.5. The van der Waals surface area contributed by atoms with Gasteiger partial charge in [-0.1, -0.05) is 48.3 Å². The third-order valence-corrected chi connectivity index (χ3v) is 6.85. The van der Waals surface area contributed by atoms with Gasteiger partial charge in [0, 0.05) is 23.1 Å². The van der Waals surface area contributed by atoms with E-state index in [1.54, 1.807) is 56.3 Å². The first-order valence-corrected chi connectivity index (χ1v) is 13.1. The van der Waals surface area contributed by atoms with Crippen LogP contribution >= 0.6 is 23.2 Å². The van der Waals surface area contributed by atoms with Gasteiger partial charge in [-0.2, -0.15) is 0 Å². The van der Waals surface area contributed by atoms with Crippen LogP contribution in [0.4, 0.5) is 5.69 Å². The molecule has 0 saturated heterocycles. The highest BCUT2D eigenvalue weighted by Gasteiger charge is 2.30. The highest BCUT2D eigenvalue weighted by atomic mass is 35.5. The van der Waals surface area contributed by atoms with Crippen molar-refractivity contribution in [3.63, 3.8) is 0 Å². The van der Waals surface area contributed by atoms with E-state index in [9.17, 15) is 18.0 Å². The first kappa shape index (κ1) is 27.0. The molecule has 0 aliphatic rings. The maximum atomic E-state index is 13.5. The van der Waals surface area contributed by atoms with E-state index in [2.05, 4.69) is 5.32 Å². The SMILES string of the molecule is CCCNC(=O)[C@H](C)N(Cc1ccccc1Cl)C(=O)CN(c1ccc(Cl)cc1C)S(C)(=O)=O. The Bertz CT molecular complexity index is 1110. The van der Waals surface area contributed by atoms with E-state index in [1.807, 2.05) is 6.92 Å². The van der Waals surface area contributed by atoms with Gasteiger partial charge in [-0.25, -0.2) is 8.42 Å². The molecule has 1 atom stereocenters. The van der Waals surface area contributed by atoms with Gasteiger partial charge in [0.15, 0.2) is 0 Å². The van der Waals surface area contributed by atoms with Gasteiger partial charge in [-0.05, 0) is 55.7 Å². The number of aryl methyl sites for hydroxylation is 1. The van der Waals surface area contributed by atoms with Crippen LogP contribution in [0, 0.1) is 6.92 Å². The van der Waals surface area contributed by atoms with Crippen LogP contribution in [0.1, 0.15) is 31.4 Å². The van der Waals surface area contributed by atoms with Crippen LogP contribution in [0.15, 0.2) is 42.5 Å². The Morgan fingerprint density at radius 3 is 2.36 bits per heavy atom. The molecule has 0 radical (unpaired) electrons. The van der Waals surface area contributed by atoms with E-state index in [1.165, 1.54) is 4.90 Å². The standard InChI is InChI=1S/C23H29Cl2N3O4S/c1-5-12-26-23(30)17(3)27(14-18-8-6-7-9-20(18)25)22(29)15-28(33(4,31)32)21-11-10-19(24)13-16(21)2/h6-11,13,17H,5,12,14-15H2,1-4H3,(H,26,30)/t17-/m0/s1. The lowest BCUT2D eigenvalue weighted by Gasteiger charge is -2.32. The average Bonchev–Trinajstić information content (AvgIpc) is 2.74.